The van der Waals surface area contributed by atoms with Gasteiger partial charge in [0, 0.05) is 0 Å². The molecule has 2 aromatic carbocycles. The number of nitrogens with one attached hydrogen (secondary N) is 1. The summed E-state index contributed by atoms with van der Waals surface area (Å²) in [5, 5.41) is 11.2. The average molecular weight is 411 g/mol. The van der Waals surface area contributed by atoms with Crippen molar-refractivity contribution in [2.45, 2.75) is 19.0 Å². The maximum Gasteiger partial charge on any atom is 0.263 e. The van der Waals surface area contributed by atoms with E-state index in [-0.39, 0.29) is 12.2 Å². The van der Waals surface area contributed by atoms with Crippen LogP contribution in [0.3, 0.4) is 0 Å². The molecule has 4 rings (SSSR count). The zero-order valence-corrected chi connectivity index (χ0v) is 16.0. The lowest BCUT2D eigenvalue weighted by molar-refractivity contribution is -0.123. The van der Waals surface area contributed by atoms with E-state index >= 15 is 0 Å². The number of carbonyl (C=O) groups excluding carboxylic acids is 3. The summed E-state index contributed by atoms with van der Waals surface area (Å²) < 4.78 is 19.1. The fourth-order valence-electron chi connectivity index (χ4n) is 3.37. The van der Waals surface area contributed by atoms with Crippen LogP contribution in [-0.4, -0.2) is 48.0 Å². The second-order valence-corrected chi connectivity index (χ2v) is 6.66. The van der Waals surface area contributed by atoms with Gasteiger partial charge < -0.3 is 10.1 Å². The van der Waals surface area contributed by atoms with E-state index in [1.807, 2.05) is 6.92 Å². The van der Waals surface area contributed by atoms with E-state index in [4.69, 9.17) is 4.74 Å². The minimum atomic E-state index is -1.02. The summed E-state index contributed by atoms with van der Waals surface area (Å²) in [6.45, 7) is 2.00. The molecule has 0 spiro atoms. The van der Waals surface area contributed by atoms with Crippen LogP contribution in [0.2, 0.25) is 0 Å². The Labute approximate surface area is 171 Å². The van der Waals surface area contributed by atoms with Gasteiger partial charge >= 0.3 is 0 Å². The normalized spacial score (nSPS) is 19.9. The van der Waals surface area contributed by atoms with Gasteiger partial charge in [-0.3, -0.25) is 19.4 Å². The van der Waals surface area contributed by atoms with Crippen LogP contribution in [-0.2, 0) is 14.4 Å². The third-order valence-electron chi connectivity index (χ3n) is 4.72. The molecule has 1 N–H and O–H groups in total. The van der Waals surface area contributed by atoms with E-state index in [1.165, 1.54) is 18.2 Å². The Bertz CT molecular complexity index is 1030. The first kappa shape index (κ1) is 19.5. The molecule has 3 amide bonds. The summed E-state index contributed by atoms with van der Waals surface area (Å²) in [6, 6.07) is 10.2. The van der Waals surface area contributed by atoms with Gasteiger partial charge in [-0.2, -0.15) is 5.11 Å². The highest BCUT2D eigenvalue weighted by Gasteiger charge is 2.55. The minimum absolute atomic E-state index is 0.0139. The zero-order chi connectivity index (χ0) is 21.3. The van der Waals surface area contributed by atoms with Crippen molar-refractivity contribution < 1.29 is 23.5 Å². The smallest absolute Gasteiger partial charge is 0.263 e. The number of anilines is 2. The maximum atomic E-state index is 13.7. The lowest BCUT2D eigenvalue weighted by atomic mass is 10.1. The Morgan fingerprint density at radius 1 is 1.13 bits per heavy atom. The van der Waals surface area contributed by atoms with Crippen molar-refractivity contribution in [3.63, 3.8) is 0 Å². The molecule has 0 bridgehead atoms. The number of imide groups is 1. The third-order valence-corrected chi connectivity index (χ3v) is 4.72. The molecule has 10 heteroatoms. The van der Waals surface area contributed by atoms with E-state index in [0.717, 1.165) is 9.91 Å². The molecular weight excluding hydrogens is 393 g/mol. The lowest BCUT2D eigenvalue weighted by Gasteiger charge is -2.20. The molecule has 154 valence electrons. The number of fused-ring (bicyclic) bond motifs is 1. The fraction of sp³-hybridized carbons (Fsp3) is 0.250. The Morgan fingerprint density at radius 2 is 1.87 bits per heavy atom. The largest absolute Gasteiger partial charge is 0.494 e. The number of ether oxygens (including phenoxy) is 1. The summed E-state index contributed by atoms with van der Waals surface area (Å²) in [5.74, 6) is -1.60. The summed E-state index contributed by atoms with van der Waals surface area (Å²) in [4.78, 5) is 39.0. The first-order valence-electron chi connectivity index (χ1n) is 9.32. The van der Waals surface area contributed by atoms with Crippen molar-refractivity contribution in [3.05, 3.63) is 54.3 Å². The molecule has 0 radical (unpaired) electrons. The number of benzene rings is 2. The summed E-state index contributed by atoms with van der Waals surface area (Å²) in [6.07, 6.45) is 0. The molecule has 0 aliphatic carbocycles. The van der Waals surface area contributed by atoms with Crippen molar-refractivity contribution in [2.75, 3.05) is 23.4 Å². The molecule has 2 unspecified atom stereocenters. The molecule has 2 aliphatic heterocycles. The van der Waals surface area contributed by atoms with E-state index < -0.39 is 35.6 Å². The first-order chi connectivity index (χ1) is 14.5. The summed E-state index contributed by atoms with van der Waals surface area (Å²) in [7, 11) is 0. The van der Waals surface area contributed by atoms with Gasteiger partial charge in [-0.1, -0.05) is 17.4 Å². The number of rotatable bonds is 6. The predicted octanol–water partition coefficient (Wildman–Crippen LogP) is 2.16. The monoisotopic (exact) mass is 411 g/mol. The second kappa shape index (κ2) is 7.90. The fourth-order valence-corrected chi connectivity index (χ4v) is 3.37. The van der Waals surface area contributed by atoms with Gasteiger partial charge in [0.15, 0.2) is 12.1 Å². The molecule has 30 heavy (non-hydrogen) atoms. The first-order valence-corrected chi connectivity index (χ1v) is 9.32. The van der Waals surface area contributed by atoms with Crippen LogP contribution in [0.4, 0.5) is 15.8 Å². The van der Waals surface area contributed by atoms with Gasteiger partial charge in [0.05, 0.1) is 18.0 Å². The summed E-state index contributed by atoms with van der Waals surface area (Å²) in [5.41, 5.74) is 0.397. The number of halogens is 1. The highest BCUT2D eigenvalue weighted by molar-refractivity contribution is 6.25. The highest BCUT2D eigenvalue weighted by atomic mass is 19.1. The predicted molar refractivity (Wildman–Crippen MR) is 104 cm³/mol. The Kier molecular flexibility index (Phi) is 5.13. The van der Waals surface area contributed by atoms with Crippen LogP contribution in [0.5, 0.6) is 5.75 Å². The van der Waals surface area contributed by atoms with Crippen LogP contribution in [0, 0.1) is 5.82 Å². The minimum Gasteiger partial charge on any atom is -0.494 e. The van der Waals surface area contributed by atoms with Crippen molar-refractivity contribution in [1.82, 2.24) is 5.01 Å². The van der Waals surface area contributed by atoms with Crippen molar-refractivity contribution >= 4 is 29.1 Å². The molecular formula is C20H18FN5O4. The Hall–Kier alpha value is -3.82. The maximum absolute atomic E-state index is 13.7. The highest BCUT2D eigenvalue weighted by Crippen LogP contribution is 2.32. The van der Waals surface area contributed by atoms with Crippen LogP contribution in [0.1, 0.15) is 6.92 Å². The molecule has 9 nitrogen and oxygen atoms in total. The molecule has 1 saturated heterocycles. The van der Waals surface area contributed by atoms with Gasteiger partial charge in [-0.05, 0) is 43.3 Å². The SMILES string of the molecule is CCOc1ccc(N2C(=O)C3N=NN(CC(=O)Nc4ccccc4F)C3C2=O)cc1. The van der Waals surface area contributed by atoms with E-state index in [1.54, 1.807) is 30.3 Å². The molecule has 2 atom stereocenters. The molecule has 2 heterocycles. The van der Waals surface area contributed by atoms with Crippen molar-refractivity contribution in [3.8, 4) is 5.75 Å². The molecule has 0 saturated carbocycles. The number of nitrogens with zero attached hydrogens (tertiary/aromatic N) is 4. The van der Waals surface area contributed by atoms with E-state index in [2.05, 4.69) is 15.7 Å². The molecule has 1 fully saturated rings. The van der Waals surface area contributed by atoms with Crippen molar-refractivity contribution in [2.24, 2.45) is 10.3 Å². The van der Waals surface area contributed by atoms with E-state index in [0.29, 0.717) is 18.0 Å². The zero-order valence-electron chi connectivity index (χ0n) is 16.0. The molecule has 2 aromatic rings. The summed E-state index contributed by atoms with van der Waals surface area (Å²) >= 11 is 0. The molecule has 0 aromatic heterocycles. The Morgan fingerprint density at radius 3 is 2.57 bits per heavy atom. The quantitative estimate of drug-likeness (QED) is 0.734. The number of para-hydroxylation sites is 1. The van der Waals surface area contributed by atoms with Gasteiger partial charge in [0.25, 0.3) is 11.8 Å². The average Bonchev–Trinajstić information content (AvgIpc) is 3.24. The van der Waals surface area contributed by atoms with Crippen LogP contribution in [0.15, 0.2) is 58.9 Å². The van der Waals surface area contributed by atoms with Gasteiger partial charge in [0.2, 0.25) is 5.91 Å². The number of hydrogen-bond acceptors (Lipinski definition) is 7. The van der Waals surface area contributed by atoms with Gasteiger partial charge in [-0.25, -0.2) is 9.29 Å². The number of amides is 3. The van der Waals surface area contributed by atoms with Crippen LogP contribution >= 0.6 is 0 Å². The Balaban J connectivity index is 1.47. The second-order valence-electron chi connectivity index (χ2n) is 6.66. The van der Waals surface area contributed by atoms with E-state index in [9.17, 15) is 18.8 Å². The molecule has 2 aliphatic rings. The third kappa shape index (κ3) is 3.47. The van der Waals surface area contributed by atoms with Crippen LogP contribution in [0.25, 0.3) is 0 Å². The standard InChI is InChI=1S/C20H18FN5O4/c1-2-30-13-9-7-12(8-10-13)26-19(28)17-18(20(26)29)25(24-23-17)11-16(27)22-15-6-4-3-5-14(15)21/h3-10,17-18H,2,11H2,1H3,(H,22,27). The van der Waals surface area contributed by atoms with Crippen molar-refractivity contribution in [1.29, 1.82) is 0 Å². The number of carbonyl (C=O) groups is 3. The van der Waals surface area contributed by atoms with Crippen LogP contribution < -0.4 is 15.0 Å². The van der Waals surface area contributed by atoms with Gasteiger partial charge in [0.1, 0.15) is 18.1 Å². The number of hydrogen-bond donors (Lipinski definition) is 1. The van der Waals surface area contributed by atoms with Gasteiger partial charge in [-0.15, -0.1) is 0 Å². The lowest BCUT2D eigenvalue weighted by Crippen LogP contribution is -2.43. The topological polar surface area (TPSA) is 104 Å².